The number of alkyl halides is 2. The Balaban J connectivity index is 3.12. The normalized spacial score (nSPS) is 14.6. The van der Waals surface area contributed by atoms with Crippen LogP contribution in [0.25, 0.3) is 0 Å². The summed E-state index contributed by atoms with van der Waals surface area (Å²) in [6, 6.07) is 6.01. The summed E-state index contributed by atoms with van der Waals surface area (Å²) in [4.78, 5) is 0. The van der Waals surface area contributed by atoms with Gasteiger partial charge in [-0.25, -0.2) is 8.42 Å². The van der Waals surface area contributed by atoms with Crippen molar-refractivity contribution in [3.63, 3.8) is 0 Å². The summed E-state index contributed by atoms with van der Waals surface area (Å²) in [6.07, 6.45) is -1.53. The van der Waals surface area contributed by atoms with Gasteiger partial charge in [0.2, 0.25) is 3.67 Å². The van der Waals surface area contributed by atoms with E-state index in [1.165, 1.54) is 31.2 Å². The fourth-order valence-corrected chi connectivity index (χ4v) is 3.00. The van der Waals surface area contributed by atoms with Crippen LogP contribution in [0, 0.1) is 0 Å². The van der Waals surface area contributed by atoms with E-state index in [0.717, 1.165) is 0 Å². The minimum atomic E-state index is -3.81. The third-order valence-electron chi connectivity index (χ3n) is 2.37. The second-order valence-corrected chi connectivity index (χ2v) is 7.82. The molecule has 4 nitrogen and oxygen atoms in total. The van der Waals surface area contributed by atoms with Crippen LogP contribution in [0.1, 0.15) is 18.6 Å². The van der Waals surface area contributed by atoms with Crippen molar-refractivity contribution >= 4 is 38.7 Å². The van der Waals surface area contributed by atoms with Gasteiger partial charge in [-0.05, 0) is 17.7 Å². The van der Waals surface area contributed by atoms with Gasteiger partial charge in [0.25, 0.3) is 0 Å². The Hall–Kier alpha value is -0.490. The van der Waals surface area contributed by atoms with Crippen molar-refractivity contribution < 1.29 is 13.5 Å². The van der Waals surface area contributed by atoms with Gasteiger partial charge in [0.1, 0.15) is 6.10 Å². The first-order valence-corrected chi connectivity index (χ1v) is 7.26. The summed E-state index contributed by atoms with van der Waals surface area (Å²) in [6.45, 7) is 1.41. The Kier molecular flexibility index (Phi) is 4.30. The topological polar surface area (TPSA) is 80.4 Å². The molecule has 0 radical (unpaired) electrons. The molecule has 1 unspecified atom stereocenters. The smallest absolute Gasteiger partial charge is 0.247 e. The minimum Gasteiger partial charge on any atom is -0.399 e. The second kappa shape index (κ2) is 5.02. The quantitative estimate of drug-likeness (QED) is 0.657. The van der Waals surface area contributed by atoms with Crippen LogP contribution in [0.3, 0.4) is 0 Å². The molecular weight excluding hydrogens is 285 g/mol. The van der Waals surface area contributed by atoms with Gasteiger partial charge in [-0.2, -0.15) is 0 Å². The lowest BCUT2D eigenvalue weighted by Crippen LogP contribution is -2.34. The van der Waals surface area contributed by atoms with Gasteiger partial charge in [-0.3, -0.25) is 0 Å². The van der Waals surface area contributed by atoms with Crippen LogP contribution in [-0.4, -0.2) is 22.9 Å². The van der Waals surface area contributed by atoms with Gasteiger partial charge in [-0.1, -0.05) is 42.3 Å². The molecule has 96 valence electrons. The molecule has 0 saturated heterocycles. The van der Waals surface area contributed by atoms with Crippen molar-refractivity contribution in [1.82, 2.24) is 0 Å². The lowest BCUT2D eigenvalue weighted by molar-refractivity contribution is 0.181. The molecule has 17 heavy (non-hydrogen) atoms. The van der Waals surface area contributed by atoms with Crippen LogP contribution < -0.4 is 5.73 Å². The predicted molar refractivity (Wildman–Crippen MR) is 69.7 cm³/mol. The summed E-state index contributed by atoms with van der Waals surface area (Å²) in [5, 5.41) is 9.92. The van der Waals surface area contributed by atoms with Gasteiger partial charge in [0.05, 0.1) is 5.75 Å². The third kappa shape index (κ3) is 2.85. The van der Waals surface area contributed by atoms with E-state index in [1.807, 2.05) is 0 Å². The Labute approximate surface area is 110 Å². The highest BCUT2D eigenvalue weighted by atomic mass is 35.5. The molecule has 7 heteroatoms. The van der Waals surface area contributed by atoms with Gasteiger partial charge in [-0.15, -0.1) is 0 Å². The minimum absolute atomic E-state index is 0.258. The van der Waals surface area contributed by atoms with Crippen LogP contribution in [0.2, 0.25) is 0 Å². The molecule has 0 saturated carbocycles. The molecular formula is C10H13Cl2NO3S. The van der Waals surface area contributed by atoms with E-state index in [1.54, 1.807) is 0 Å². The fourth-order valence-electron chi connectivity index (χ4n) is 1.23. The number of rotatable bonds is 4. The van der Waals surface area contributed by atoms with Gasteiger partial charge in [0, 0.05) is 5.69 Å². The standard InChI is InChI=1S/C10H13Cl2NO3S/c1-2-17(15,16)10(11,12)9(14)7-3-5-8(13)6-4-7/h3-6,9,14H,2,13H2,1H3. The van der Waals surface area contributed by atoms with Crippen molar-refractivity contribution in [3.8, 4) is 0 Å². The largest absolute Gasteiger partial charge is 0.399 e. The second-order valence-electron chi connectivity index (χ2n) is 3.53. The molecule has 0 fully saturated rings. The lowest BCUT2D eigenvalue weighted by atomic mass is 10.1. The summed E-state index contributed by atoms with van der Waals surface area (Å²) in [5.74, 6) is -0.258. The van der Waals surface area contributed by atoms with Gasteiger partial charge >= 0.3 is 0 Å². The summed E-state index contributed by atoms with van der Waals surface area (Å²) < 4.78 is 21.0. The number of halogens is 2. The van der Waals surface area contributed by atoms with Gasteiger partial charge in [0.15, 0.2) is 9.84 Å². The van der Waals surface area contributed by atoms with Crippen LogP contribution >= 0.6 is 23.2 Å². The first-order chi connectivity index (χ1) is 7.72. The lowest BCUT2D eigenvalue weighted by Gasteiger charge is -2.25. The van der Waals surface area contributed by atoms with Crippen LogP contribution in [0.5, 0.6) is 0 Å². The van der Waals surface area contributed by atoms with Crippen molar-refractivity contribution in [2.75, 3.05) is 11.5 Å². The van der Waals surface area contributed by atoms with Crippen molar-refractivity contribution in [2.24, 2.45) is 0 Å². The Morgan fingerprint density at radius 2 is 1.82 bits per heavy atom. The molecule has 0 aromatic heterocycles. The maximum absolute atomic E-state index is 11.7. The van der Waals surface area contributed by atoms with E-state index in [2.05, 4.69) is 0 Å². The summed E-state index contributed by atoms with van der Waals surface area (Å²) >= 11 is 11.5. The molecule has 0 heterocycles. The third-order valence-corrected chi connectivity index (χ3v) is 6.00. The van der Waals surface area contributed by atoms with E-state index in [0.29, 0.717) is 11.3 Å². The number of hydrogen-bond donors (Lipinski definition) is 2. The van der Waals surface area contributed by atoms with Gasteiger partial charge < -0.3 is 10.8 Å². The zero-order chi connectivity index (χ0) is 13.3. The van der Waals surface area contributed by atoms with E-state index < -0.39 is 19.6 Å². The average molecular weight is 298 g/mol. The molecule has 0 spiro atoms. The van der Waals surface area contributed by atoms with E-state index >= 15 is 0 Å². The summed E-state index contributed by atoms with van der Waals surface area (Å²) in [5.41, 5.74) is 6.27. The Morgan fingerprint density at radius 1 is 1.35 bits per heavy atom. The van der Waals surface area contributed by atoms with Crippen molar-refractivity contribution in [1.29, 1.82) is 0 Å². The predicted octanol–water partition coefficient (Wildman–Crippen LogP) is 1.87. The number of hydrogen-bond acceptors (Lipinski definition) is 4. The van der Waals surface area contributed by atoms with Crippen LogP contribution in [0.4, 0.5) is 5.69 Å². The van der Waals surface area contributed by atoms with Crippen molar-refractivity contribution in [3.05, 3.63) is 29.8 Å². The van der Waals surface area contributed by atoms with Crippen LogP contribution in [0.15, 0.2) is 24.3 Å². The zero-order valence-corrected chi connectivity index (χ0v) is 11.4. The average Bonchev–Trinajstić information content (AvgIpc) is 2.28. The number of nitrogens with two attached hydrogens (primary N) is 1. The molecule has 0 amide bonds. The maximum Gasteiger partial charge on any atom is 0.247 e. The van der Waals surface area contributed by atoms with E-state index in [9.17, 15) is 13.5 Å². The molecule has 0 aliphatic carbocycles. The molecule has 0 bridgehead atoms. The number of nitrogen functional groups attached to an aromatic ring is 1. The first kappa shape index (κ1) is 14.6. The number of sulfone groups is 1. The number of aliphatic hydroxyl groups excluding tert-OH is 1. The Bertz CT molecular complexity index is 485. The number of benzene rings is 1. The molecule has 0 aliphatic rings. The highest BCUT2D eigenvalue weighted by molar-refractivity contribution is 7.95. The SMILES string of the molecule is CCS(=O)(=O)C(Cl)(Cl)C(O)c1ccc(N)cc1. The zero-order valence-electron chi connectivity index (χ0n) is 9.10. The van der Waals surface area contributed by atoms with E-state index in [4.69, 9.17) is 28.9 Å². The molecule has 3 N–H and O–H groups in total. The highest BCUT2D eigenvalue weighted by Gasteiger charge is 2.46. The maximum atomic E-state index is 11.7. The molecule has 1 aromatic carbocycles. The summed E-state index contributed by atoms with van der Waals surface area (Å²) in [7, 11) is -3.81. The van der Waals surface area contributed by atoms with Crippen molar-refractivity contribution in [2.45, 2.75) is 16.7 Å². The molecule has 1 atom stereocenters. The molecule has 0 aliphatic heterocycles. The molecule has 1 aromatic rings. The van der Waals surface area contributed by atoms with E-state index in [-0.39, 0.29) is 5.75 Å². The van der Waals surface area contributed by atoms with Crippen LogP contribution in [-0.2, 0) is 9.84 Å². The number of anilines is 1. The number of aliphatic hydroxyl groups is 1. The highest BCUT2D eigenvalue weighted by Crippen LogP contribution is 2.41. The monoisotopic (exact) mass is 297 g/mol. The fraction of sp³-hybridized carbons (Fsp3) is 0.400. The Morgan fingerprint density at radius 3 is 2.24 bits per heavy atom. The first-order valence-electron chi connectivity index (χ1n) is 4.86. The molecule has 1 rings (SSSR count).